The number of carbonyl (C=O) groups excluding carboxylic acids is 1. The van der Waals surface area contributed by atoms with Crippen LogP contribution < -0.4 is 11.1 Å². The van der Waals surface area contributed by atoms with E-state index >= 15 is 0 Å². The highest BCUT2D eigenvalue weighted by Crippen LogP contribution is 2.38. The van der Waals surface area contributed by atoms with Crippen LogP contribution in [0, 0.1) is 5.41 Å². The molecule has 1 heterocycles. The molecule has 22 heavy (non-hydrogen) atoms. The molecule has 0 atom stereocenters. The molecule has 0 unspecified atom stereocenters. The first kappa shape index (κ1) is 17.7. The van der Waals surface area contributed by atoms with Crippen LogP contribution in [0.4, 0.5) is 0 Å². The Morgan fingerprint density at radius 2 is 1.86 bits per heavy atom. The molecular weight excluding hydrogens is 278 g/mol. The van der Waals surface area contributed by atoms with Gasteiger partial charge in [-0.25, -0.2) is 0 Å². The van der Waals surface area contributed by atoms with Crippen LogP contribution in [0.3, 0.4) is 0 Å². The van der Waals surface area contributed by atoms with E-state index in [1.54, 1.807) is 0 Å². The standard InChI is InChI=1S/C17H33N3O2/c18-15-17(6-2-1-3-7-17)14-16(21)19-8-4-5-9-20-10-12-22-13-11-20/h1-15,18H2,(H,19,21). The Labute approximate surface area is 134 Å². The third-order valence-electron chi connectivity index (χ3n) is 5.21. The van der Waals surface area contributed by atoms with Crippen molar-refractivity contribution in [2.45, 2.75) is 51.4 Å². The fourth-order valence-electron chi connectivity index (χ4n) is 3.67. The monoisotopic (exact) mass is 311 g/mol. The molecule has 1 aliphatic carbocycles. The smallest absolute Gasteiger partial charge is 0.220 e. The van der Waals surface area contributed by atoms with E-state index < -0.39 is 0 Å². The van der Waals surface area contributed by atoms with Gasteiger partial charge in [0.05, 0.1) is 13.2 Å². The van der Waals surface area contributed by atoms with Gasteiger partial charge in [-0.15, -0.1) is 0 Å². The zero-order valence-electron chi connectivity index (χ0n) is 13.9. The molecule has 0 radical (unpaired) electrons. The molecule has 0 bridgehead atoms. The molecule has 5 nitrogen and oxygen atoms in total. The molecule has 1 saturated heterocycles. The number of morpholine rings is 1. The van der Waals surface area contributed by atoms with Gasteiger partial charge in [-0.05, 0) is 44.2 Å². The second-order valence-electron chi connectivity index (χ2n) is 6.95. The van der Waals surface area contributed by atoms with E-state index in [2.05, 4.69) is 10.2 Å². The van der Waals surface area contributed by atoms with Crippen molar-refractivity contribution in [3.8, 4) is 0 Å². The van der Waals surface area contributed by atoms with Gasteiger partial charge < -0.3 is 15.8 Å². The first-order valence-corrected chi connectivity index (χ1v) is 9.01. The molecule has 0 spiro atoms. The lowest BCUT2D eigenvalue weighted by Crippen LogP contribution is -2.39. The van der Waals surface area contributed by atoms with Gasteiger partial charge in [0.1, 0.15) is 0 Å². The SMILES string of the molecule is NCC1(CC(=O)NCCCCN2CCOCC2)CCCCC1. The summed E-state index contributed by atoms with van der Waals surface area (Å²) in [5, 5.41) is 3.09. The van der Waals surface area contributed by atoms with Crippen molar-refractivity contribution in [2.24, 2.45) is 11.1 Å². The Morgan fingerprint density at radius 1 is 1.14 bits per heavy atom. The summed E-state index contributed by atoms with van der Waals surface area (Å²) < 4.78 is 5.34. The van der Waals surface area contributed by atoms with Gasteiger partial charge in [-0.3, -0.25) is 9.69 Å². The third-order valence-corrected chi connectivity index (χ3v) is 5.21. The van der Waals surface area contributed by atoms with Crippen molar-refractivity contribution in [3.63, 3.8) is 0 Å². The first-order valence-electron chi connectivity index (χ1n) is 9.01. The number of hydrogen-bond acceptors (Lipinski definition) is 4. The maximum Gasteiger partial charge on any atom is 0.220 e. The lowest BCUT2D eigenvalue weighted by molar-refractivity contribution is -0.123. The number of carbonyl (C=O) groups is 1. The maximum absolute atomic E-state index is 12.1. The molecule has 0 aromatic heterocycles. The Balaban J connectivity index is 1.55. The number of rotatable bonds is 8. The van der Waals surface area contributed by atoms with E-state index in [9.17, 15) is 4.79 Å². The first-order chi connectivity index (χ1) is 10.7. The van der Waals surface area contributed by atoms with Crippen LogP contribution in [0.15, 0.2) is 0 Å². The van der Waals surface area contributed by atoms with E-state index in [1.165, 1.54) is 19.3 Å². The lowest BCUT2D eigenvalue weighted by atomic mass is 9.71. The molecule has 2 rings (SSSR count). The predicted molar refractivity (Wildman–Crippen MR) is 88.7 cm³/mol. The highest BCUT2D eigenvalue weighted by Gasteiger charge is 2.32. The second-order valence-corrected chi connectivity index (χ2v) is 6.95. The van der Waals surface area contributed by atoms with Crippen LogP contribution in [0.1, 0.15) is 51.4 Å². The molecule has 0 aromatic carbocycles. The van der Waals surface area contributed by atoms with Crippen LogP contribution in [0.25, 0.3) is 0 Å². The molecule has 2 aliphatic rings. The van der Waals surface area contributed by atoms with E-state index in [1.807, 2.05) is 0 Å². The lowest BCUT2D eigenvalue weighted by Gasteiger charge is -2.35. The van der Waals surface area contributed by atoms with Gasteiger partial charge in [-0.1, -0.05) is 19.3 Å². The molecule has 3 N–H and O–H groups in total. The summed E-state index contributed by atoms with van der Waals surface area (Å²) in [7, 11) is 0. The topological polar surface area (TPSA) is 67.6 Å². The van der Waals surface area contributed by atoms with Crippen LogP contribution in [0.5, 0.6) is 0 Å². The van der Waals surface area contributed by atoms with E-state index in [-0.39, 0.29) is 11.3 Å². The molecule has 2 fully saturated rings. The Morgan fingerprint density at radius 3 is 2.55 bits per heavy atom. The highest BCUT2D eigenvalue weighted by molar-refractivity contribution is 5.76. The largest absolute Gasteiger partial charge is 0.379 e. The van der Waals surface area contributed by atoms with Gasteiger partial charge in [0.2, 0.25) is 5.91 Å². The normalized spacial score (nSPS) is 22.4. The van der Waals surface area contributed by atoms with Gasteiger partial charge in [-0.2, -0.15) is 0 Å². The van der Waals surface area contributed by atoms with E-state index in [4.69, 9.17) is 10.5 Å². The minimum absolute atomic E-state index is 0.0795. The van der Waals surface area contributed by atoms with E-state index in [0.29, 0.717) is 13.0 Å². The van der Waals surface area contributed by atoms with Crippen LogP contribution in [0.2, 0.25) is 0 Å². The van der Waals surface area contributed by atoms with Gasteiger partial charge >= 0.3 is 0 Å². The Bertz CT molecular complexity index is 324. The fraction of sp³-hybridized carbons (Fsp3) is 0.941. The molecule has 1 amide bonds. The molecule has 1 aliphatic heterocycles. The predicted octanol–water partition coefficient (Wildman–Crippen LogP) is 1.51. The molecule has 5 heteroatoms. The second kappa shape index (κ2) is 9.48. The summed E-state index contributed by atoms with van der Waals surface area (Å²) in [6.45, 7) is 6.37. The van der Waals surface area contributed by atoms with Gasteiger partial charge in [0.25, 0.3) is 0 Å². The summed E-state index contributed by atoms with van der Waals surface area (Å²) in [4.78, 5) is 14.6. The number of hydrogen-bond donors (Lipinski definition) is 2. The number of nitrogens with one attached hydrogen (secondary N) is 1. The minimum atomic E-state index is 0.0795. The quantitative estimate of drug-likeness (QED) is 0.667. The summed E-state index contributed by atoms with van der Waals surface area (Å²) >= 11 is 0. The third kappa shape index (κ3) is 5.86. The summed E-state index contributed by atoms with van der Waals surface area (Å²) in [5.41, 5.74) is 6.03. The van der Waals surface area contributed by atoms with Crippen LogP contribution in [-0.4, -0.2) is 56.7 Å². The summed E-state index contributed by atoms with van der Waals surface area (Å²) in [6, 6.07) is 0. The van der Waals surface area contributed by atoms with Gasteiger partial charge in [0, 0.05) is 26.1 Å². The van der Waals surface area contributed by atoms with Crippen molar-refractivity contribution in [1.29, 1.82) is 0 Å². The minimum Gasteiger partial charge on any atom is -0.379 e. The number of nitrogens with zero attached hydrogens (tertiary/aromatic N) is 1. The van der Waals surface area contributed by atoms with E-state index in [0.717, 1.165) is 65.1 Å². The molecule has 1 saturated carbocycles. The fourth-order valence-corrected chi connectivity index (χ4v) is 3.67. The molecule has 0 aromatic rings. The average Bonchev–Trinajstić information content (AvgIpc) is 2.56. The summed E-state index contributed by atoms with van der Waals surface area (Å²) in [5.74, 6) is 0.193. The number of unbranched alkanes of at least 4 members (excludes halogenated alkanes) is 1. The number of ether oxygens (including phenoxy) is 1. The Hall–Kier alpha value is -0.650. The summed E-state index contributed by atoms with van der Waals surface area (Å²) in [6.07, 6.45) is 8.80. The van der Waals surface area contributed by atoms with Crippen LogP contribution >= 0.6 is 0 Å². The highest BCUT2D eigenvalue weighted by atomic mass is 16.5. The number of amides is 1. The zero-order valence-corrected chi connectivity index (χ0v) is 13.9. The van der Waals surface area contributed by atoms with Crippen molar-refractivity contribution >= 4 is 5.91 Å². The maximum atomic E-state index is 12.1. The van der Waals surface area contributed by atoms with Crippen molar-refractivity contribution in [3.05, 3.63) is 0 Å². The van der Waals surface area contributed by atoms with Crippen molar-refractivity contribution in [1.82, 2.24) is 10.2 Å². The zero-order chi connectivity index (χ0) is 15.7. The van der Waals surface area contributed by atoms with Crippen molar-refractivity contribution < 1.29 is 9.53 Å². The average molecular weight is 311 g/mol. The molecular formula is C17H33N3O2. The van der Waals surface area contributed by atoms with Crippen molar-refractivity contribution in [2.75, 3.05) is 45.9 Å². The Kier molecular flexibility index (Phi) is 7.63. The molecule has 128 valence electrons. The number of nitrogens with two attached hydrogens (primary N) is 1. The van der Waals surface area contributed by atoms with Gasteiger partial charge in [0.15, 0.2) is 0 Å². The van der Waals surface area contributed by atoms with Crippen LogP contribution in [-0.2, 0) is 9.53 Å².